The van der Waals surface area contributed by atoms with Crippen molar-refractivity contribution in [2.75, 3.05) is 18.4 Å². The van der Waals surface area contributed by atoms with Gasteiger partial charge in [-0.3, -0.25) is 0 Å². The zero-order valence-electron chi connectivity index (χ0n) is 20.9. The molecule has 3 aromatic carbocycles. The van der Waals surface area contributed by atoms with Crippen molar-refractivity contribution in [2.24, 2.45) is 0 Å². The number of aryl methyl sites for hydroxylation is 2. The summed E-state index contributed by atoms with van der Waals surface area (Å²) in [7, 11) is -8.06. The van der Waals surface area contributed by atoms with E-state index < -0.39 is 32.1 Å². The second-order valence-electron chi connectivity index (χ2n) is 9.07. The predicted molar refractivity (Wildman–Crippen MR) is 143 cm³/mol. The summed E-state index contributed by atoms with van der Waals surface area (Å²) in [5.41, 5.74) is 3.70. The summed E-state index contributed by atoms with van der Waals surface area (Å²) in [6.45, 7) is 4.09. The molecule has 0 fully saturated rings. The van der Waals surface area contributed by atoms with Crippen molar-refractivity contribution >= 4 is 37.8 Å². The maximum atomic E-state index is 12.8. The van der Waals surface area contributed by atoms with Crippen LogP contribution in [0.5, 0.6) is 0 Å². The van der Waals surface area contributed by atoms with E-state index in [1.54, 1.807) is 56.3 Å². The largest absolute Gasteiger partial charge is 0.333 e. The normalized spacial score (nSPS) is 13.7. The average Bonchev–Trinajstić information content (AvgIpc) is 3.06. The molecule has 4 rings (SSSR count). The Morgan fingerprint density at radius 1 is 0.711 bits per heavy atom. The molecule has 0 aliphatic carbocycles. The van der Waals surface area contributed by atoms with Crippen LogP contribution in [0.4, 0.5) is 15.3 Å². The van der Waals surface area contributed by atoms with Crippen LogP contribution in [0.3, 0.4) is 0 Å². The number of amides is 4. The Bertz CT molecular complexity index is 1600. The molecule has 1 aliphatic heterocycles. The van der Waals surface area contributed by atoms with E-state index in [0.29, 0.717) is 25.1 Å². The Labute approximate surface area is 222 Å². The molecule has 0 radical (unpaired) electrons. The van der Waals surface area contributed by atoms with Crippen LogP contribution in [0.15, 0.2) is 76.5 Å². The second-order valence-corrected chi connectivity index (χ2v) is 12.4. The third-order valence-electron chi connectivity index (χ3n) is 6.10. The van der Waals surface area contributed by atoms with Crippen molar-refractivity contribution in [3.63, 3.8) is 0 Å². The number of carbonyl (C=O) groups excluding carboxylic acids is 2. The van der Waals surface area contributed by atoms with Crippen LogP contribution >= 0.6 is 0 Å². The van der Waals surface area contributed by atoms with E-state index in [-0.39, 0.29) is 16.3 Å². The van der Waals surface area contributed by atoms with Gasteiger partial charge in [-0.1, -0.05) is 30.3 Å². The summed E-state index contributed by atoms with van der Waals surface area (Å²) in [4.78, 5) is 26.6. The lowest BCUT2D eigenvalue weighted by Gasteiger charge is -2.20. The lowest BCUT2D eigenvalue weighted by molar-refractivity contribution is 0.206. The minimum absolute atomic E-state index is 0.0161. The van der Waals surface area contributed by atoms with Gasteiger partial charge in [-0.25, -0.2) is 35.9 Å². The molecule has 1 aliphatic rings. The fourth-order valence-corrected chi connectivity index (χ4v) is 6.23. The Morgan fingerprint density at radius 3 is 1.84 bits per heavy atom. The number of urea groups is 2. The number of hydrogen-bond acceptors (Lipinski definition) is 6. The van der Waals surface area contributed by atoms with Gasteiger partial charge in [0.05, 0.1) is 9.79 Å². The van der Waals surface area contributed by atoms with Crippen molar-refractivity contribution < 1.29 is 26.4 Å². The predicted octanol–water partition coefficient (Wildman–Crippen LogP) is 3.31. The van der Waals surface area contributed by atoms with Crippen LogP contribution in [0.1, 0.15) is 22.3 Å². The Kier molecular flexibility index (Phi) is 7.74. The number of hydrogen-bond donors (Lipinski definition) is 3. The minimum Gasteiger partial charge on any atom is -0.323 e. The van der Waals surface area contributed by atoms with E-state index in [4.69, 9.17) is 0 Å². The van der Waals surface area contributed by atoms with Crippen LogP contribution in [0.25, 0.3) is 0 Å². The van der Waals surface area contributed by atoms with Crippen LogP contribution < -0.4 is 14.8 Å². The molecular weight excluding hydrogens is 528 g/mol. The molecule has 0 atom stereocenters. The van der Waals surface area contributed by atoms with Crippen LogP contribution in [0, 0.1) is 13.8 Å². The van der Waals surface area contributed by atoms with Gasteiger partial charge in [-0.2, -0.15) is 0 Å². The highest BCUT2D eigenvalue weighted by atomic mass is 32.2. The maximum Gasteiger partial charge on any atom is 0.333 e. The molecule has 38 heavy (non-hydrogen) atoms. The maximum absolute atomic E-state index is 12.8. The third kappa shape index (κ3) is 6.50. The number of carbonyl (C=O) groups is 2. The lowest BCUT2D eigenvalue weighted by atomic mass is 10.0. The monoisotopic (exact) mass is 556 g/mol. The van der Waals surface area contributed by atoms with E-state index in [2.05, 4.69) is 10.0 Å². The zero-order valence-corrected chi connectivity index (χ0v) is 22.5. The number of anilines is 1. The van der Waals surface area contributed by atoms with Crippen molar-refractivity contribution in [1.82, 2.24) is 14.3 Å². The fraction of sp³-hybridized carbons (Fsp3) is 0.231. The lowest BCUT2D eigenvalue weighted by Crippen LogP contribution is -2.43. The summed E-state index contributed by atoms with van der Waals surface area (Å²) < 4.78 is 54.5. The quantitative estimate of drug-likeness (QED) is 0.440. The number of rotatable bonds is 5. The highest BCUT2D eigenvalue weighted by molar-refractivity contribution is 7.90. The van der Waals surface area contributed by atoms with E-state index in [9.17, 15) is 26.4 Å². The molecule has 3 N–H and O–H groups in total. The SMILES string of the molecule is Cc1cccc(S(=O)(=O)NC(=O)Nc2ccc3c(c2)CCN(C(=O)NS(=O)(=O)c2cccc(C)c2)CC3)c1. The second kappa shape index (κ2) is 10.8. The summed E-state index contributed by atoms with van der Waals surface area (Å²) >= 11 is 0. The van der Waals surface area contributed by atoms with Gasteiger partial charge in [0.15, 0.2) is 0 Å². The van der Waals surface area contributed by atoms with Crippen molar-refractivity contribution in [2.45, 2.75) is 36.5 Å². The number of sulfonamides is 2. The molecule has 1 heterocycles. The Morgan fingerprint density at radius 2 is 1.26 bits per heavy atom. The first-order valence-corrected chi connectivity index (χ1v) is 14.8. The van der Waals surface area contributed by atoms with Gasteiger partial charge in [0.25, 0.3) is 20.0 Å². The van der Waals surface area contributed by atoms with Gasteiger partial charge in [-0.15, -0.1) is 0 Å². The molecule has 4 amide bonds. The molecule has 12 heteroatoms. The van der Waals surface area contributed by atoms with E-state index in [1.807, 2.05) is 4.72 Å². The Hall–Kier alpha value is -3.90. The van der Waals surface area contributed by atoms with Gasteiger partial charge in [-0.05, 0) is 85.3 Å². The first-order chi connectivity index (χ1) is 17.9. The molecule has 0 aromatic heterocycles. The van der Waals surface area contributed by atoms with Crippen molar-refractivity contribution in [3.8, 4) is 0 Å². The van der Waals surface area contributed by atoms with E-state index in [1.165, 1.54) is 29.2 Å². The van der Waals surface area contributed by atoms with Crippen LogP contribution in [-0.4, -0.2) is 46.9 Å². The number of benzene rings is 3. The summed E-state index contributed by atoms with van der Waals surface area (Å²) in [6, 6.07) is 16.1. The molecule has 3 aromatic rings. The van der Waals surface area contributed by atoms with Gasteiger partial charge < -0.3 is 10.2 Å². The number of nitrogens with one attached hydrogen (secondary N) is 3. The standard InChI is InChI=1S/C26H28N4O6S2/c1-18-5-3-7-23(15-18)37(33,34)28-25(31)27-22-10-9-20-11-13-30(14-12-21(20)17-22)26(32)29-38(35,36)24-8-4-6-19(2)16-24/h3-10,15-17H,11-14H2,1-2H3,(H,29,32)(H2,27,28,31). The summed E-state index contributed by atoms with van der Waals surface area (Å²) in [6.07, 6.45) is 0.910. The summed E-state index contributed by atoms with van der Waals surface area (Å²) in [5, 5.41) is 2.54. The van der Waals surface area contributed by atoms with Crippen molar-refractivity contribution in [1.29, 1.82) is 0 Å². The van der Waals surface area contributed by atoms with Crippen molar-refractivity contribution in [3.05, 3.63) is 89.0 Å². The first-order valence-electron chi connectivity index (χ1n) is 11.8. The highest BCUT2D eigenvalue weighted by Gasteiger charge is 2.24. The van der Waals surface area contributed by atoms with Crippen LogP contribution in [0.2, 0.25) is 0 Å². The van der Waals surface area contributed by atoms with Gasteiger partial charge in [0.2, 0.25) is 0 Å². The van der Waals surface area contributed by atoms with E-state index >= 15 is 0 Å². The molecule has 0 spiro atoms. The molecule has 0 unspecified atom stereocenters. The fourth-order valence-electron chi connectivity index (χ4n) is 4.15. The average molecular weight is 557 g/mol. The highest BCUT2D eigenvalue weighted by Crippen LogP contribution is 2.21. The van der Waals surface area contributed by atoms with Gasteiger partial charge >= 0.3 is 12.1 Å². The molecule has 0 saturated carbocycles. The minimum atomic E-state index is -4.04. The molecular formula is C26H28N4O6S2. The smallest absolute Gasteiger partial charge is 0.323 e. The number of fused-ring (bicyclic) bond motifs is 1. The third-order valence-corrected chi connectivity index (χ3v) is 8.75. The molecule has 10 nitrogen and oxygen atoms in total. The first kappa shape index (κ1) is 27.1. The number of nitrogens with zero attached hydrogens (tertiary/aromatic N) is 1. The zero-order chi connectivity index (χ0) is 27.5. The van der Waals surface area contributed by atoms with E-state index in [0.717, 1.165) is 22.3 Å². The molecule has 0 bridgehead atoms. The topological polar surface area (TPSA) is 142 Å². The molecule has 0 saturated heterocycles. The van der Waals surface area contributed by atoms with Gasteiger partial charge in [0, 0.05) is 18.8 Å². The Balaban J connectivity index is 1.39. The van der Waals surface area contributed by atoms with Crippen LogP contribution in [-0.2, 0) is 32.9 Å². The summed E-state index contributed by atoms with van der Waals surface area (Å²) in [5.74, 6) is 0. The van der Waals surface area contributed by atoms with Gasteiger partial charge in [0.1, 0.15) is 0 Å². The molecule has 200 valence electrons.